The van der Waals surface area contributed by atoms with Gasteiger partial charge in [0.1, 0.15) is 5.82 Å². The second-order valence-corrected chi connectivity index (χ2v) is 7.90. The fraction of sp³-hybridized carbons (Fsp3) is 0.545. The molecule has 3 heterocycles. The van der Waals surface area contributed by atoms with Crippen LogP contribution in [0.2, 0.25) is 0 Å². The van der Waals surface area contributed by atoms with Crippen molar-refractivity contribution in [1.29, 1.82) is 0 Å². The molecule has 4 rings (SSSR count). The lowest BCUT2D eigenvalue weighted by molar-refractivity contribution is -0.121. The Kier molecular flexibility index (Phi) is 6.25. The fourth-order valence-electron chi connectivity index (χ4n) is 4.39. The van der Waals surface area contributed by atoms with Gasteiger partial charge < -0.3 is 10.1 Å². The average molecular weight is 400 g/mol. The Hall–Kier alpha value is -2.25. The Morgan fingerprint density at radius 3 is 3.07 bits per heavy atom. The fourth-order valence-corrected chi connectivity index (χ4v) is 4.39. The number of ether oxygens (including phenoxy) is 1. The highest BCUT2D eigenvalue weighted by Gasteiger charge is 2.26. The Morgan fingerprint density at radius 2 is 2.24 bits per heavy atom. The molecule has 1 atom stereocenters. The number of likely N-dealkylation sites (tertiary alicyclic amines) is 1. The minimum atomic E-state index is -0.327. The van der Waals surface area contributed by atoms with Crippen LogP contribution in [0.4, 0.5) is 4.39 Å². The first-order valence-electron chi connectivity index (χ1n) is 10.5. The molecule has 1 saturated heterocycles. The predicted octanol–water partition coefficient (Wildman–Crippen LogP) is 2.44. The molecule has 0 spiro atoms. The molecule has 1 N–H and O–H groups in total. The molecule has 1 aromatic heterocycles. The van der Waals surface area contributed by atoms with Gasteiger partial charge in [-0.1, -0.05) is 18.2 Å². The number of nitrogens with one attached hydrogen (secondary N) is 1. The van der Waals surface area contributed by atoms with Crippen LogP contribution < -0.4 is 5.32 Å². The van der Waals surface area contributed by atoms with E-state index in [1.807, 2.05) is 0 Å². The van der Waals surface area contributed by atoms with Crippen LogP contribution >= 0.6 is 0 Å². The van der Waals surface area contributed by atoms with E-state index < -0.39 is 0 Å². The molecule has 7 heteroatoms. The number of aromatic nitrogens is 2. The van der Waals surface area contributed by atoms with Gasteiger partial charge in [0.05, 0.1) is 25.3 Å². The largest absolute Gasteiger partial charge is 0.376 e. The van der Waals surface area contributed by atoms with Gasteiger partial charge in [0.15, 0.2) is 0 Å². The number of hydrogen-bond acceptors (Lipinski definition) is 4. The highest BCUT2D eigenvalue weighted by molar-refractivity contribution is 5.78. The molecule has 2 aromatic rings. The first kappa shape index (κ1) is 20.0. The standard InChI is InChI=1S/C22H29FN4O2/c1-2-27-21-9-11-29-15-18(21)20(25-27)14-26-10-5-7-17(13-26)24-22(28)12-16-6-3-4-8-19(16)23/h3-4,6,8,17H,2,5,7,9-15H2,1H3,(H,24,28). The van der Waals surface area contributed by atoms with Crippen molar-refractivity contribution in [3.8, 4) is 0 Å². The van der Waals surface area contributed by atoms with E-state index >= 15 is 0 Å². The summed E-state index contributed by atoms with van der Waals surface area (Å²) in [6.45, 7) is 6.95. The van der Waals surface area contributed by atoms with Gasteiger partial charge in [-0.15, -0.1) is 0 Å². The quantitative estimate of drug-likeness (QED) is 0.809. The minimum absolute atomic E-state index is 0.0783. The van der Waals surface area contributed by atoms with Gasteiger partial charge in [-0.3, -0.25) is 14.4 Å². The first-order valence-corrected chi connectivity index (χ1v) is 10.5. The third-order valence-corrected chi connectivity index (χ3v) is 5.83. The lowest BCUT2D eigenvalue weighted by atomic mass is 10.0. The zero-order valence-corrected chi connectivity index (χ0v) is 17.0. The van der Waals surface area contributed by atoms with Crippen LogP contribution in [0.3, 0.4) is 0 Å². The SMILES string of the molecule is CCn1nc(CN2CCCC(NC(=O)Cc3ccccc3F)C2)c2c1CCOC2. The third kappa shape index (κ3) is 4.67. The molecule has 0 aliphatic carbocycles. The maximum Gasteiger partial charge on any atom is 0.224 e. The molecule has 1 unspecified atom stereocenters. The number of aryl methyl sites for hydroxylation is 1. The second kappa shape index (κ2) is 9.05. The van der Waals surface area contributed by atoms with E-state index in [2.05, 4.69) is 21.8 Å². The monoisotopic (exact) mass is 400 g/mol. The van der Waals surface area contributed by atoms with Gasteiger partial charge in [-0.25, -0.2) is 4.39 Å². The van der Waals surface area contributed by atoms with Crippen molar-refractivity contribution in [1.82, 2.24) is 20.0 Å². The van der Waals surface area contributed by atoms with Crippen molar-refractivity contribution in [3.05, 3.63) is 52.6 Å². The highest BCUT2D eigenvalue weighted by atomic mass is 19.1. The summed E-state index contributed by atoms with van der Waals surface area (Å²) >= 11 is 0. The summed E-state index contributed by atoms with van der Waals surface area (Å²) in [4.78, 5) is 14.8. The minimum Gasteiger partial charge on any atom is -0.376 e. The molecule has 156 valence electrons. The van der Waals surface area contributed by atoms with Crippen LogP contribution in [0.15, 0.2) is 24.3 Å². The van der Waals surface area contributed by atoms with Crippen molar-refractivity contribution < 1.29 is 13.9 Å². The van der Waals surface area contributed by atoms with Crippen molar-refractivity contribution in [2.75, 3.05) is 19.7 Å². The van der Waals surface area contributed by atoms with E-state index in [-0.39, 0.29) is 24.2 Å². The summed E-state index contributed by atoms with van der Waals surface area (Å²) in [5, 5.41) is 7.91. The Morgan fingerprint density at radius 1 is 1.38 bits per heavy atom. The number of rotatable bonds is 6. The van der Waals surface area contributed by atoms with E-state index in [4.69, 9.17) is 9.84 Å². The summed E-state index contributed by atoms with van der Waals surface area (Å²) < 4.78 is 21.6. The molecule has 29 heavy (non-hydrogen) atoms. The van der Waals surface area contributed by atoms with Gasteiger partial charge in [0.25, 0.3) is 0 Å². The van der Waals surface area contributed by atoms with Crippen molar-refractivity contribution in [2.24, 2.45) is 0 Å². The van der Waals surface area contributed by atoms with Crippen LogP contribution in [-0.4, -0.2) is 46.3 Å². The lowest BCUT2D eigenvalue weighted by Crippen LogP contribution is -2.47. The smallest absolute Gasteiger partial charge is 0.224 e. The van der Waals surface area contributed by atoms with Crippen molar-refractivity contribution in [2.45, 2.75) is 58.3 Å². The number of carbonyl (C=O) groups excluding carboxylic acids is 1. The summed E-state index contributed by atoms with van der Waals surface area (Å²) in [6.07, 6.45) is 2.97. The Labute approximate surface area is 171 Å². The lowest BCUT2D eigenvalue weighted by Gasteiger charge is -2.33. The van der Waals surface area contributed by atoms with Crippen LogP contribution in [-0.2, 0) is 42.1 Å². The molecule has 0 saturated carbocycles. The Balaban J connectivity index is 1.36. The normalized spacial score (nSPS) is 19.7. The maximum absolute atomic E-state index is 13.8. The number of piperidine rings is 1. The summed E-state index contributed by atoms with van der Waals surface area (Å²) in [6, 6.07) is 6.54. The van der Waals surface area contributed by atoms with E-state index in [1.165, 1.54) is 17.3 Å². The van der Waals surface area contributed by atoms with E-state index in [9.17, 15) is 9.18 Å². The molecule has 1 aromatic carbocycles. The van der Waals surface area contributed by atoms with Gasteiger partial charge in [-0.2, -0.15) is 5.10 Å². The number of halogens is 1. The van der Waals surface area contributed by atoms with Crippen LogP contribution in [0.25, 0.3) is 0 Å². The van der Waals surface area contributed by atoms with Crippen molar-refractivity contribution in [3.63, 3.8) is 0 Å². The maximum atomic E-state index is 13.8. The van der Waals surface area contributed by atoms with Crippen LogP contribution in [0.1, 0.15) is 42.3 Å². The summed E-state index contributed by atoms with van der Waals surface area (Å²) in [5.74, 6) is -0.450. The number of hydrogen-bond donors (Lipinski definition) is 1. The average Bonchev–Trinajstić information content (AvgIpc) is 3.08. The summed E-state index contributed by atoms with van der Waals surface area (Å²) in [5.41, 5.74) is 4.08. The van der Waals surface area contributed by atoms with E-state index in [0.29, 0.717) is 12.2 Å². The topological polar surface area (TPSA) is 59.4 Å². The van der Waals surface area contributed by atoms with Crippen LogP contribution in [0, 0.1) is 5.82 Å². The molecule has 1 fully saturated rings. The number of fused-ring (bicyclic) bond motifs is 1. The van der Waals surface area contributed by atoms with Crippen molar-refractivity contribution >= 4 is 5.91 Å². The molecule has 0 radical (unpaired) electrons. The number of amides is 1. The van der Waals surface area contributed by atoms with E-state index in [0.717, 1.165) is 57.7 Å². The molecule has 2 aliphatic heterocycles. The second-order valence-electron chi connectivity index (χ2n) is 7.90. The molecule has 2 aliphatic rings. The van der Waals surface area contributed by atoms with Crippen LogP contribution in [0.5, 0.6) is 0 Å². The zero-order valence-electron chi connectivity index (χ0n) is 17.0. The van der Waals surface area contributed by atoms with Gasteiger partial charge in [0.2, 0.25) is 5.91 Å². The van der Waals surface area contributed by atoms with Gasteiger partial charge in [-0.05, 0) is 37.9 Å². The molecule has 1 amide bonds. The molecular formula is C22H29FN4O2. The number of nitrogens with zero attached hydrogens (tertiary/aromatic N) is 3. The Bertz CT molecular complexity index is 866. The molecular weight excluding hydrogens is 371 g/mol. The van der Waals surface area contributed by atoms with Gasteiger partial charge >= 0.3 is 0 Å². The third-order valence-electron chi connectivity index (χ3n) is 5.83. The van der Waals surface area contributed by atoms with Gasteiger partial charge in [0, 0.05) is 43.4 Å². The highest BCUT2D eigenvalue weighted by Crippen LogP contribution is 2.23. The first-order chi connectivity index (χ1) is 14.1. The summed E-state index contributed by atoms with van der Waals surface area (Å²) in [7, 11) is 0. The number of carbonyl (C=O) groups is 1. The van der Waals surface area contributed by atoms with E-state index in [1.54, 1.807) is 18.2 Å². The number of benzene rings is 1. The molecule has 0 bridgehead atoms. The predicted molar refractivity (Wildman–Crippen MR) is 108 cm³/mol. The zero-order chi connectivity index (χ0) is 20.2. The molecule has 6 nitrogen and oxygen atoms in total.